The molecule has 1 atom stereocenters. The van der Waals surface area contributed by atoms with E-state index in [1.165, 1.54) is 0 Å². The Bertz CT molecular complexity index is 228. The van der Waals surface area contributed by atoms with E-state index in [9.17, 15) is 4.79 Å². The molecule has 88 valence electrons. The average molecular weight is 213 g/mol. The molecular formula is C11H23N3O. The highest BCUT2D eigenvalue weighted by molar-refractivity contribution is 5.78. The smallest absolute Gasteiger partial charge is 0.236 e. The lowest BCUT2D eigenvalue weighted by molar-refractivity contribution is -0.131. The molecule has 4 heteroatoms. The molecule has 0 aromatic heterocycles. The van der Waals surface area contributed by atoms with Crippen LogP contribution in [0.25, 0.3) is 0 Å². The normalized spacial score (nSPS) is 22.1. The summed E-state index contributed by atoms with van der Waals surface area (Å²) in [5.41, 5.74) is 5.43. The van der Waals surface area contributed by atoms with Crippen molar-refractivity contribution in [2.45, 2.75) is 45.2 Å². The van der Waals surface area contributed by atoms with E-state index < -0.39 is 0 Å². The van der Waals surface area contributed by atoms with Crippen LogP contribution >= 0.6 is 0 Å². The van der Waals surface area contributed by atoms with Crippen LogP contribution in [-0.2, 0) is 4.79 Å². The van der Waals surface area contributed by atoms with E-state index in [4.69, 9.17) is 5.73 Å². The first-order valence-electron chi connectivity index (χ1n) is 5.71. The number of hydrogen-bond donors (Lipinski definition) is 2. The van der Waals surface area contributed by atoms with Crippen molar-refractivity contribution in [1.29, 1.82) is 0 Å². The van der Waals surface area contributed by atoms with E-state index in [0.29, 0.717) is 19.1 Å². The first-order valence-corrected chi connectivity index (χ1v) is 5.71. The molecule has 15 heavy (non-hydrogen) atoms. The third-order valence-corrected chi connectivity index (χ3v) is 3.10. The molecule has 1 rings (SSSR count). The van der Waals surface area contributed by atoms with Gasteiger partial charge in [-0.2, -0.15) is 0 Å². The molecule has 0 aromatic rings. The third kappa shape index (κ3) is 3.47. The molecule has 4 nitrogen and oxygen atoms in total. The van der Waals surface area contributed by atoms with Crippen LogP contribution in [-0.4, -0.2) is 42.0 Å². The van der Waals surface area contributed by atoms with Crippen molar-refractivity contribution in [2.24, 2.45) is 5.73 Å². The van der Waals surface area contributed by atoms with Crippen LogP contribution in [0.4, 0.5) is 0 Å². The Morgan fingerprint density at radius 3 is 2.73 bits per heavy atom. The van der Waals surface area contributed by atoms with E-state index in [-0.39, 0.29) is 11.4 Å². The van der Waals surface area contributed by atoms with Gasteiger partial charge < -0.3 is 16.0 Å². The van der Waals surface area contributed by atoms with E-state index in [1.807, 2.05) is 18.7 Å². The van der Waals surface area contributed by atoms with Gasteiger partial charge in [-0.25, -0.2) is 0 Å². The van der Waals surface area contributed by atoms with Crippen molar-refractivity contribution in [3.63, 3.8) is 0 Å². The molecule has 0 bridgehead atoms. The highest BCUT2D eigenvalue weighted by Gasteiger charge is 2.26. The minimum Gasteiger partial charge on any atom is -0.339 e. The Hall–Kier alpha value is -0.610. The monoisotopic (exact) mass is 213 g/mol. The third-order valence-electron chi connectivity index (χ3n) is 3.10. The van der Waals surface area contributed by atoms with Gasteiger partial charge in [-0.15, -0.1) is 0 Å². The number of likely N-dealkylation sites (tertiary alicyclic amines) is 1. The molecule has 0 spiro atoms. The molecule has 1 aliphatic heterocycles. The van der Waals surface area contributed by atoms with Gasteiger partial charge in [0.1, 0.15) is 0 Å². The average Bonchev–Trinajstić information content (AvgIpc) is 2.61. The summed E-state index contributed by atoms with van der Waals surface area (Å²) in [5.74, 6) is 0.196. The van der Waals surface area contributed by atoms with E-state index in [0.717, 1.165) is 19.4 Å². The van der Waals surface area contributed by atoms with Gasteiger partial charge in [0.2, 0.25) is 5.91 Å². The first kappa shape index (κ1) is 12.5. The number of rotatable bonds is 4. The summed E-state index contributed by atoms with van der Waals surface area (Å²) in [7, 11) is 0. The Morgan fingerprint density at radius 2 is 2.27 bits per heavy atom. The van der Waals surface area contributed by atoms with Crippen LogP contribution < -0.4 is 11.1 Å². The van der Waals surface area contributed by atoms with Gasteiger partial charge in [0.25, 0.3) is 0 Å². The van der Waals surface area contributed by atoms with Crippen LogP contribution in [0.5, 0.6) is 0 Å². The Balaban J connectivity index is 2.36. The predicted octanol–water partition coefficient (Wildman–Crippen LogP) is 0.324. The van der Waals surface area contributed by atoms with Crippen LogP contribution in [0.3, 0.4) is 0 Å². The molecule has 0 saturated carbocycles. The van der Waals surface area contributed by atoms with Crippen molar-refractivity contribution in [3.8, 4) is 0 Å². The zero-order valence-corrected chi connectivity index (χ0v) is 10.0. The second-order valence-electron chi connectivity index (χ2n) is 5.02. The van der Waals surface area contributed by atoms with Crippen LogP contribution in [0.1, 0.15) is 33.6 Å². The molecule has 1 fully saturated rings. The molecule has 1 heterocycles. The van der Waals surface area contributed by atoms with Crippen LogP contribution in [0, 0.1) is 0 Å². The Morgan fingerprint density at radius 1 is 1.60 bits per heavy atom. The SMILES string of the molecule is C[C@H]1CCCN1C(=O)CNC(C)(C)CN. The van der Waals surface area contributed by atoms with Crippen LogP contribution in [0.2, 0.25) is 0 Å². The summed E-state index contributed by atoms with van der Waals surface area (Å²) in [6, 6.07) is 0.403. The van der Waals surface area contributed by atoms with E-state index in [2.05, 4.69) is 12.2 Å². The van der Waals surface area contributed by atoms with Gasteiger partial charge in [-0.1, -0.05) is 0 Å². The predicted molar refractivity (Wildman–Crippen MR) is 61.5 cm³/mol. The van der Waals surface area contributed by atoms with Crippen molar-refractivity contribution in [1.82, 2.24) is 10.2 Å². The van der Waals surface area contributed by atoms with E-state index >= 15 is 0 Å². The topological polar surface area (TPSA) is 58.4 Å². The van der Waals surface area contributed by atoms with Gasteiger partial charge in [-0.3, -0.25) is 4.79 Å². The van der Waals surface area contributed by atoms with Gasteiger partial charge in [0, 0.05) is 24.7 Å². The largest absolute Gasteiger partial charge is 0.339 e. The number of amides is 1. The van der Waals surface area contributed by atoms with Crippen LogP contribution in [0.15, 0.2) is 0 Å². The number of nitrogens with two attached hydrogens (primary N) is 1. The lowest BCUT2D eigenvalue weighted by Crippen LogP contribution is -2.50. The Kier molecular flexibility index (Phi) is 4.11. The van der Waals surface area contributed by atoms with E-state index in [1.54, 1.807) is 0 Å². The van der Waals surface area contributed by atoms with Crippen molar-refractivity contribution < 1.29 is 4.79 Å². The number of carbonyl (C=O) groups is 1. The minimum absolute atomic E-state index is 0.154. The number of carbonyl (C=O) groups excluding carboxylic acids is 1. The standard InChI is InChI=1S/C11H23N3O/c1-9-5-4-6-14(9)10(15)7-13-11(2,3)8-12/h9,13H,4-8,12H2,1-3H3/t9-/m0/s1. The molecule has 0 aromatic carbocycles. The van der Waals surface area contributed by atoms with Crippen molar-refractivity contribution in [3.05, 3.63) is 0 Å². The van der Waals surface area contributed by atoms with Gasteiger partial charge in [-0.05, 0) is 33.6 Å². The summed E-state index contributed by atoms with van der Waals surface area (Å²) in [6.45, 7) is 7.97. The summed E-state index contributed by atoms with van der Waals surface area (Å²) < 4.78 is 0. The zero-order chi connectivity index (χ0) is 11.5. The number of nitrogens with one attached hydrogen (secondary N) is 1. The summed E-state index contributed by atoms with van der Waals surface area (Å²) in [4.78, 5) is 13.8. The zero-order valence-electron chi connectivity index (χ0n) is 10.0. The lowest BCUT2D eigenvalue weighted by atomic mass is 10.1. The molecule has 3 N–H and O–H groups in total. The van der Waals surface area contributed by atoms with Gasteiger partial charge in [0.15, 0.2) is 0 Å². The highest BCUT2D eigenvalue weighted by Crippen LogP contribution is 2.16. The fourth-order valence-electron chi connectivity index (χ4n) is 1.79. The minimum atomic E-state index is -0.154. The quantitative estimate of drug-likeness (QED) is 0.707. The summed E-state index contributed by atoms with van der Waals surface area (Å²) in [5, 5.41) is 3.19. The maximum absolute atomic E-state index is 11.8. The molecule has 0 aliphatic carbocycles. The Labute approximate surface area is 92.2 Å². The molecular weight excluding hydrogens is 190 g/mol. The molecule has 0 radical (unpaired) electrons. The highest BCUT2D eigenvalue weighted by atomic mass is 16.2. The van der Waals surface area contributed by atoms with Crippen molar-refractivity contribution in [2.75, 3.05) is 19.6 Å². The summed E-state index contributed by atoms with van der Waals surface area (Å²) in [6.07, 6.45) is 2.26. The van der Waals surface area contributed by atoms with Crippen molar-refractivity contribution >= 4 is 5.91 Å². The lowest BCUT2D eigenvalue weighted by Gasteiger charge is -2.27. The molecule has 0 unspecified atom stereocenters. The maximum Gasteiger partial charge on any atom is 0.236 e. The molecule has 1 aliphatic rings. The maximum atomic E-state index is 11.8. The second-order valence-corrected chi connectivity index (χ2v) is 5.02. The molecule has 1 amide bonds. The summed E-state index contributed by atoms with van der Waals surface area (Å²) >= 11 is 0. The van der Waals surface area contributed by atoms with Gasteiger partial charge in [0.05, 0.1) is 6.54 Å². The number of nitrogens with zero attached hydrogens (tertiary/aromatic N) is 1. The molecule has 1 saturated heterocycles. The second kappa shape index (κ2) is 4.94. The van der Waals surface area contributed by atoms with Gasteiger partial charge >= 0.3 is 0 Å². The fourth-order valence-corrected chi connectivity index (χ4v) is 1.79. The fraction of sp³-hybridized carbons (Fsp3) is 0.909. The number of hydrogen-bond acceptors (Lipinski definition) is 3. The first-order chi connectivity index (χ1) is 6.96.